The molecule has 0 unspecified atom stereocenters. The number of nitrogens with one attached hydrogen (secondary N) is 1. The van der Waals surface area contributed by atoms with Gasteiger partial charge in [-0.2, -0.15) is 13.2 Å². The Labute approximate surface area is 119 Å². The van der Waals surface area contributed by atoms with Gasteiger partial charge in [0.25, 0.3) is 5.91 Å². The van der Waals surface area contributed by atoms with Gasteiger partial charge in [0.1, 0.15) is 0 Å². The molecule has 0 saturated heterocycles. The number of carbonyl (C=O) groups excluding carboxylic acids is 2. The van der Waals surface area contributed by atoms with Crippen molar-refractivity contribution < 1.29 is 22.8 Å². The quantitative estimate of drug-likeness (QED) is 0.933. The van der Waals surface area contributed by atoms with E-state index >= 15 is 0 Å². The summed E-state index contributed by atoms with van der Waals surface area (Å²) in [6, 6.07) is 4.75. The summed E-state index contributed by atoms with van der Waals surface area (Å²) in [4.78, 5) is 24.4. The summed E-state index contributed by atoms with van der Waals surface area (Å²) in [7, 11) is 1.34. The highest BCUT2D eigenvalue weighted by atomic mass is 19.4. The summed E-state index contributed by atoms with van der Waals surface area (Å²) in [5, 5.41) is 2.69. The van der Waals surface area contributed by atoms with Crippen molar-refractivity contribution in [3.63, 3.8) is 0 Å². The number of hydrogen-bond donors (Lipinski definition) is 1. The number of fused-ring (bicyclic) bond motifs is 1. The van der Waals surface area contributed by atoms with Gasteiger partial charge in [-0.1, -0.05) is 0 Å². The lowest BCUT2D eigenvalue weighted by molar-refractivity contribution is -0.136. The van der Waals surface area contributed by atoms with Crippen molar-refractivity contribution in [1.29, 1.82) is 0 Å². The van der Waals surface area contributed by atoms with E-state index in [-0.39, 0.29) is 12.5 Å². The van der Waals surface area contributed by atoms with Crippen LogP contribution in [0.25, 0.3) is 0 Å². The Morgan fingerprint density at radius 2 is 2.05 bits per heavy atom. The van der Waals surface area contributed by atoms with Gasteiger partial charge in [-0.3, -0.25) is 9.59 Å². The number of hydrogen-bond acceptors (Lipinski definition) is 2. The first-order valence-corrected chi connectivity index (χ1v) is 6.51. The van der Waals surface area contributed by atoms with E-state index in [1.165, 1.54) is 13.1 Å². The second-order valence-electron chi connectivity index (χ2n) is 5.01. The number of nitrogens with zero attached hydrogens (tertiary/aromatic N) is 1. The van der Waals surface area contributed by atoms with E-state index in [1.54, 1.807) is 12.1 Å². The zero-order chi connectivity index (χ0) is 15.6. The standard InChI is InChI=1S/C14H15F3N2O2/c1-19(7-6-14(15,16)17)13(21)10-2-4-11-9(8-10)3-5-12(20)18-11/h2,4,8H,3,5-7H2,1H3,(H,18,20). The Morgan fingerprint density at radius 3 is 2.71 bits per heavy atom. The molecule has 1 N–H and O–H groups in total. The van der Waals surface area contributed by atoms with Crippen molar-refractivity contribution in [2.45, 2.75) is 25.4 Å². The van der Waals surface area contributed by atoms with Gasteiger partial charge in [0.05, 0.1) is 6.42 Å². The highest BCUT2D eigenvalue weighted by Crippen LogP contribution is 2.24. The third-order valence-corrected chi connectivity index (χ3v) is 3.33. The van der Waals surface area contributed by atoms with E-state index in [0.717, 1.165) is 10.5 Å². The first-order chi connectivity index (χ1) is 9.76. The van der Waals surface area contributed by atoms with Gasteiger partial charge in [-0.05, 0) is 30.2 Å². The van der Waals surface area contributed by atoms with E-state index in [0.29, 0.717) is 24.1 Å². The molecule has 0 aliphatic carbocycles. The summed E-state index contributed by atoms with van der Waals surface area (Å²) in [6.45, 7) is -0.379. The van der Waals surface area contributed by atoms with Crippen LogP contribution in [0.3, 0.4) is 0 Å². The number of benzene rings is 1. The fourth-order valence-electron chi connectivity index (χ4n) is 2.13. The minimum atomic E-state index is -4.28. The molecule has 114 valence electrons. The van der Waals surface area contributed by atoms with Crippen molar-refractivity contribution >= 4 is 17.5 Å². The maximum absolute atomic E-state index is 12.2. The highest BCUT2D eigenvalue weighted by molar-refractivity contribution is 5.97. The molecule has 2 amide bonds. The van der Waals surface area contributed by atoms with E-state index in [9.17, 15) is 22.8 Å². The predicted octanol–water partition coefficient (Wildman–Crippen LogP) is 2.60. The number of carbonyl (C=O) groups is 2. The molecule has 1 aromatic carbocycles. The Kier molecular flexibility index (Phi) is 4.20. The molecule has 0 spiro atoms. The Hall–Kier alpha value is -2.05. The Bertz CT molecular complexity index is 570. The lowest BCUT2D eigenvalue weighted by Gasteiger charge is -2.21. The molecule has 1 heterocycles. The maximum Gasteiger partial charge on any atom is 0.390 e. The summed E-state index contributed by atoms with van der Waals surface area (Å²) in [5.74, 6) is -0.539. The van der Waals surface area contributed by atoms with E-state index < -0.39 is 18.5 Å². The first kappa shape index (κ1) is 15.3. The monoisotopic (exact) mass is 300 g/mol. The first-order valence-electron chi connectivity index (χ1n) is 6.51. The molecule has 2 rings (SSSR count). The lowest BCUT2D eigenvalue weighted by Crippen LogP contribution is -2.30. The molecule has 0 radical (unpaired) electrons. The topological polar surface area (TPSA) is 49.4 Å². The van der Waals surface area contributed by atoms with Gasteiger partial charge in [0.15, 0.2) is 0 Å². The second-order valence-corrected chi connectivity index (χ2v) is 5.01. The third-order valence-electron chi connectivity index (χ3n) is 3.33. The van der Waals surface area contributed by atoms with Gasteiger partial charge in [0.2, 0.25) is 5.91 Å². The van der Waals surface area contributed by atoms with Gasteiger partial charge in [0, 0.05) is 31.3 Å². The van der Waals surface area contributed by atoms with Crippen LogP contribution in [-0.4, -0.2) is 36.5 Å². The van der Waals surface area contributed by atoms with Crippen molar-refractivity contribution in [3.05, 3.63) is 29.3 Å². The number of anilines is 1. The van der Waals surface area contributed by atoms with Crippen molar-refractivity contribution in [1.82, 2.24) is 4.90 Å². The van der Waals surface area contributed by atoms with E-state index in [4.69, 9.17) is 0 Å². The largest absolute Gasteiger partial charge is 0.390 e. The van der Waals surface area contributed by atoms with Crippen LogP contribution in [0, 0.1) is 0 Å². The molecule has 7 heteroatoms. The zero-order valence-corrected chi connectivity index (χ0v) is 11.5. The van der Waals surface area contributed by atoms with Crippen LogP contribution in [0.15, 0.2) is 18.2 Å². The number of halogens is 3. The van der Waals surface area contributed by atoms with Gasteiger partial charge >= 0.3 is 6.18 Å². The van der Waals surface area contributed by atoms with E-state index in [1.807, 2.05) is 0 Å². The minimum Gasteiger partial charge on any atom is -0.341 e. The molecule has 0 bridgehead atoms. The number of alkyl halides is 3. The molecule has 0 aromatic heterocycles. The Balaban J connectivity index is 2.08. The van der Waals surface area contributed by atoms with Crippen molar-refractivity contribution in [2.24, 2.45) is 0 Å². The smallest absolute Gasteiger partial charge is 0.341 e. The fourth-order valence-corrected chi connectivity index (χ4v) is 2.13. The fraction of sp³-hybridized carbons (Fsp3) is 0.429. The van der Waals surface area contributed by atoms with E-state index in [2.05, 4.69) is 5.32 Å². The van der Waals surface area contributed by atoms with Crippen LogP contribution in [0.2, 0.25) is 0 Å². The maximum atomic E-state index is 12.2. The number of amides is 2. The molecule has 1 aromatic rings. The number of rotatable bonds is 3. The molecular formula is C14H15F3N2O2. The van der Waals surface area contributed by atoms with Crippen LogP contribution in [0.4, 0.5) is 18.9 Å². The molecule has 1 aliphatic rings. The average molecular weight is 300 g/mol. The predicted molar refractivity (Wildman–Crippen MR) is 71.0 cm³/mol. The number of aryl methyl sites for hydroxylation is 1. The van der Waals surface area contributed by atoms with Gasteiger partial charge in [-0.15, -0.1) is 0 Å². The summed E-state index contributed by atoms with van der Waals surface area (Å²) < 4.78 is 36.5. The molecule has 21 heavy (non-hydrogen) atoms. The van der Waals surface area contributed by atoms with Crippen LogP contribution in [0.5, 0.6) is 0 Å². The minimum absolute atomic E-state index is 0.0797. The normalized spacial score (nSPS) is 14.4. The van der Waals surface area contributed by atoms with Gasteiger partial charge < -0.3 is 10.2 Å². The molecule has 1 aliphatic heterocycles. The summed E-state index contributed by atoms with van der Waals surface area (Å²) in [6.07, 6.45) is -4.45. The molecular weight excluding hydrogens is 285 g/mol. The molecule has 0 atom stereocenters. The second kappa shape index (κ2) is 5.75. The van der Waals surface area contributed by atoms with Gasteiger partial charge in [-0.25, -0.2) is 0 Å². The molecule has 0 fully saturated rings. The summed E-state index contributed by atoms with van der Waals surface area (Å²) >= 11 is 0. The van der Waals surface area contributed by atoms with Crippen LogP contribution >= 0.6 is 0 Å². The Morgan fingerprint density at radius 1 is 1.33 bits per heavy atom. The van der Waals surface area contributed by atoms with Crippen LogP contribution in [-0.2, 0) is 11.2 Å². The lowest BCUT2D eigenvalue weighted by atomic mass is 10.00. The van der Waals surface area contributed by atoms with Crippen molar-refractivity contribution in [2.75, 3.05) is 18.9 Å². The van der Waals surface area contributed by atoms with Crippen molar-refractivity contribution in [3.8, 4) is 0 Å². The van der Waals surface area contributed by atoms with Crippen LogP contribution in [0.1, 0.15) is 28.8 Å². The zero-order valence-electron chi connectivity index (χ0n) is 11.5. The highest BCUT2D eigenvalue weighted by Gasteiger charge is 2.28. The SMILES string of the molecule is CN(CCC(F)(F)F)C(=O)c1ccc2c(c1)CCC(=O)N2. The third kappa shape index (κ3) is 3.96. The van der Waals surface area contributed by atoms with Crippen LogP contribution < -0.4 is 5.32 Å². The average Bonchev–Trinajstić information content (AvgIpc) is 2.42. The summed E-state index contributed by atoms with van der Waals surface area (Å²) in [5.41, 5.74) is 1.81. The molecule has 4 nitrogen and oxygen atoms in total. The molecule has 0 saturated carbocycles.